The van der Waals surface area contributed by atoms with Gasteiger partial charge in [0.1, 0.15) is 0 Å². The van der Waals surface area contributed by atoms with Crippen LogP contribution in [0.2, 0.25) is 0 Å². The molecule has 2 rings (SSSR count). The Morgan fingerprint density at radius 3 is 1.84 bits per heavy atom. The van der Waals surface area contributed by atoms with Gasteiger partial charge < -0.3 is 23.7 Å². The number of ether oxygens (including phenoxy) is 5. The van der Waals surface area contributed by atoms with Crippen molar-refractivity contribution in [2.75, 3.05) is 35.0 Å². The van der Waals surface area contributed by atoms with Crippen molar-refractivity contribution < 1.29 is 23.7 Å². The zero-order valence-corrected chi connectivity index (χ0v) is 20.0. The molecule has 0 heterocycles. The Bertz CT molecular complexity index is 777. The molecule has 1 unspecified atom stereocenters. The molecule has 0 N–H and O–H groups in total. The number of rotatable bonds is 14. The molecule has 0 radical (unpaired) electrons. The molecule has 2 aromatic carbocycles. The van der Waals surface area contributed by atoms with Crippen molar-refractivity contribution in [3.05, 3.63) is 41.5 Å². The van der Waals surface area contributed by atoms with Gasteiger partial charge in [0, 0.05) is 0 Å². The Kier molecular flexibility index (Phi) is 10.3. The van der Waals surface area contributed by atoms with Crippen LogP contribution >= 0.6 is 0 Å². The highest BCUT2D eigenvalue weighted by Crippen LogP contribution is 2.39. The van der Waals surface area contributed by atoms with Gasteiger partial charge in [-0.25, -0.2) is 0 Å². The van der Waals surface area contributed by atoms with E-state index in [4.69, 9.17) is 23.7 Å². The Balaban J connectivity index is 2.13. The van der Waals surface area contributed by atoms with E-state index >= 15 is 0 Å². The lowest BCUT2D eigenvalue weighted by molar-refractivity contribution is 0.215. The molecule has 172 valence electrons. The van der Waals surface area contributed by atoms with Gasteiger partial charge in [-0.3, -0.25) is 0 Å². The zero-order valence-electron chi connectivity index (χ0n) is 20.0. The summed E-state index contributed by atoms with van der Waals surface area (Å²) in [6.45, 7) is 5.12. The van der Waals surface area contributed by atoms with Crippen LogP contribution in [-0.4, -0.2) is 35.0 Å². The SMILES string of the molecule is CCCCC(CC)COc1c(OC)cc(CCc2ccc(OC)c(OC)c2)cc1OC. The second-order valence-corrected chi connectivity index (χ2v) is 7.75. The van der Waals surface area contributed by atoms with Crippen LogP contribution in [0.15, 0.2) is 30.3 Å². The Morgan fingerprint density at radius 2 is 1.29 bits per heavy atom. The van der Waals surface area contributed by atoms with Crippen molar-refractivity contribution in [2.24, 2.45) is 5.92 Å². The van der Waals surface area contributed by atoms with Crippen LogP contribution in [0.4, 0.5) is 0 Å². The zero-order chi connectivity index (χ0) is 22.6. The number of unbranched alkanes of at least 4 members (excludes halogenated alkanes) is 1. The predicted octanol–water partition coefficient (Wildman–Crippen LogP) is 6.10. The average molecular weight is 431 g/mol. The first-order chi connectivity index (χ1) is 15.1. The highest BCUT2D eigenvalue weighted by Gasteiger charge is 2.17. The molecule has 5 nitrogen and oxygen atoms in total. The quantitative estimate of drug-likeness (QED) is 0.362. The molecule has 0 spiro atoms. The van der Waals surface area contributed by atoms with Gasteiger partial charge in [0.2, 0.25) is 5.75 Å². The summed E-state index contributed by atoms with van der Waals surface area (Å²) in [5.41, 5.74) is 2.31. The monoisotopic (exact) mass is 430 g/mol. The van der Waals surface area contributed by atoms with Gasteiger partial charge in [-0.2, -0.15) is 0 Å². The fraction of sp³-hybridized carbons (Fsp3) is 0.538. The van der Waals surface area contributed by atoms with E-state index < -0.39 is 0 Å². The minimum absolute atomic E-state index is 0.541. The molecule has 0 aromatic heterocycles. The highest BCUT2D eigenvalue weighted by atomic mass is 16.5. The van der Waals surface area contributed by atoms with Crippen LogP contribution in [0, 0.1) is 5.92 Å². The molecule has 0 aliphatic carbocycles. The average Bonchev–Trinajstić information content (AvgIpc) is 2.82. The summed E-state index contributed by atoms with van der Waals surface area (Å²) in [6, 6.07) is 10.1. The summed E-state index contributed by atoms with van der Waals surface area (Å²) in [5, 5.41) is 0. The molecular formula is C26H38O5. The lowest BCUT2D eigenvalue weighted by Crippen LogP contribution is -2.12. The summed E-state index contributed by atoms with van der Waals surface area (Å²) >= 11 is 0. The lowest BCUT2D eigenvalue weighted by Gasteiger charge is -2.20. The molecular weight excluding hydrogens is 392 g/mol. The molecule has 0 aliphatic heterocycles. The van der Waals surface area contributed by atoms with Gasteiger partial charge in [-0.05, 0) is 60.6 Å². The van der Waals surface area contributed by atoms with Crippen LogP contribution in [0.1, 0.15) is 50.7 Å². The number of benzene rings is 2. The third kappa shape index (κ3) is 6.98. The third-order valence-corrected chi connectivity index (χ3v) is 5.68. The fourth-order valence-corrected chi connectivity index (χ4v) is 3.64. The first-order valence-electron chi connectivity index (χ1n) is 11.2. The summed E-state index contributed by atoms with van der Waals surface area (Å²) < 4.78 is 28.2. The van der Waals surface area contributed by atoms with E-state index in [0.29, 0.717) is 29.8 Å². The van der Waals surface area contributed by atoms with E-state index in [2.05, 4.69) is 19.9 Å². The Hall–Kier alpha value is -2.56. The molecule has 2 aromatic rings. The van der Waals surface area contributed by atoms with Crippen molar-refractivity contribution in [3.8, 4) is 28.7 Å². The van der Waals surface area contributed by atoms with Crippen molar-refractivity contribution in [2.45, 2.75) is 52.4 Å². The maximum atomic E-state index is 6.19. The lowest BCUT2D eigenvalue weighted by atomic mass is 10.0. The van der Waals surface area contributed by atoms with Gasteiger partial charge in [0.15, 0.2) is 23.0 Å². The van der Waals surface area contributed by atoms with Gasteiger partial charge in [0.05, 0.1) is 35.0 Å². The number of hydrogen-bond acceptors (Lipinski definition) is 5. The van der Waals surface area contributed by atoms with E-state index in [1.165, 1.54) is 24.8 Å². The second-order valence-electron chi connectivity index (χ2n) is 7.75. The van der Waals surface area contributed by atoms with Crippen molar-refractivity contribution in [1.82, 2.24) is 0 Å². The first-order valence-corrected chi connectivity index (χ1v) is 11.2. The van der Waals surface area contributed by atoms with Crippen molar-refractivity contribution in [3.63, 3.8) is 0 Å². The molecule has 0 saturated carbocycles. The Labute approximate surface area is 187 Å². The van der Waals surface area contributed by atoms with Gasteiger partial charge in [-0.1, -0.05) is 39.2 Å². The summed E-state index contributed by atoms with van der Waals surface area (Å²) in [4.78, 5) is 0. The van der Waals surface area contributed by atoms with E-state index in [1.54, 1.807) is 28.4 Å². The fourth-order valence-electron chi connectivity index (χ4n) is 3.64. The molecule has 0 saturated heterocycles. The molecule has 31 heavy (non-hydrogen) atoms. The highest BCUT2D eigenvalue weighted by molar-refractivity contribution is 5.54. The van der Waals surface area contributed by atoms with Crippen LogP contribution in [0.25, 0.3) is 0 Å². The minimum atomic E-state index is 0.541. The van der Waals surface area contributed by atoms with E-state index in [-0.39, 0.29) is 0 Å². The maximum Gasteiger partial charge on any atom is 0.203 e. The second kappa shape index (κ2) is 13.0. The molecule has 5 heteroatoms. The summed E-state index contributed by atoms with van der Waals surface area (Å²) in [5.74, 6) is 4.14. The van der Waals surface area contributed by atoms with Gasteiger partial charge in [-0.15, -0.1) is 0 Å². The van der Waals surface area contributed by atoms with Crippen LogP contribution < -0.4 is 23.7 Å². The van der Waals surface area contributed by atoms with Crippen molar-refractivity contribution >= 4 is 0 Å². The normalized spacial score (nSPS) is 11.7. The summed E-state index contributed by atoms with van der Waals surface area (Å²) in [6.07, 6.45) is 6.43. The predicted molar refractivity (Wildman–Crippen MR) is 125 cm³/mol. The topological polar surface area (TPSA) is 46.2 Å². The largest absolute Gasteiger partial charge is 0.493 e. The van der Waals surface area contributed by atoms with Crippen LogP contribution in [-0.2, 0) is 12.8 Å². The number of aryl methyl sites for hydroxylation is 2. The maximum absolute atomic E-state index is 6.19. The van der Waals surface area contributed by atoms with E-state index in [1.807, 2.05) is 24.3 Å². The van der Waals surface area contributed by atoms with E-state index in [9.17, 15) is 0 Å². The van der Waals surface area contributed by atoms with E-state index in [0.717, 1.165) is 36.3 Å². The Morgan fingerprint density at radius 1 is 0.710 bits per heavy atom. The van der Waals surface area contributed by atoms with Crippen molar-refractivity contribution in [1.29, 1.82) is 0 Å². The molecule has 0 amide bonds. The molecule has 0 aliphatic rings. The summed E-state index contributed by atoms with van der Waals surface area (Å²) in [7, 11) is 6.65. The first kappa shape index (κ1) is 24.7. The van der Waals surface area contributed by atoms with Gasteiger partial charge in [0.25, 0.3) is 0 Å². The molecule has 1 atom stereocenters. The number of hydrogen-bond donors (Lipinski definition) is 0. The third-order valence-electron chi connectivity index (χ3n) is 5.68. The standard InChI is InChI=1S/C26H38O5/c1-7-9-10-19(8-2)18-31-26-24(29-5)16-21(17-25(26)30-6)12-11-20-13-14-22(27-3)23(15-20)28-4/h13-17,19H,7-12,18H2,1-6H3. The molecule has 0 fully saturated rings. The van der Waals surface area contributed by atoms with Crippen LogP contribution in [0.5, 0.6) is 28.7 Å². The smallest absolute Gasteiger partial charge is 0.203 e. The van der Waals surface area contributed by atoms with Crippen LogP contribution in [0.3, 0.4) is 0 Å². The molecule has 0 bridgehead atoms. The number of methoxy groups -OCH3 is 4. The van der Waals surface area contributed by atoms with Gasteiger partial charge >= 0.3 is 0 Å². The minimum Gasteiger partial charge on any atom is -0.493 e.